The minimum atomic E-state index is -3.99. The van der Waals surface area contributed by atoms with Gasteiger partial charge in [-0.05, 0) is 67.3 Å². The fraction of sp³-hybridized carbons (Fsp3) is 0.240. The Hall–Kier alpha value is -3.23. The summed E-state index contributed by atoms with van der Waals surface area (Å²) in [5, 5.41) is 2.83. The maximum atomic E-state index is 13.2. The number of amides is 1. The van der Waals surface area contributed by atoms with Crippen LogP contribution >= 0.6 is 0 Å². The van der Waals surface area contributed by atoms with Crippen molar-refractivity contribution in [2.24, 2.45) is 0 Å². The highest BCUT2D eigenvalue weighted by atomic mass is 32.2. The molecule has 0 radical (unpaired) electrons. The molecule has 8 heteroatoms. The number of nitrogens with one attached hydrogen (secondary N) is 2. The summed E-state index contributed by atoms with van der Waals surface area (Å²) in [6, 6.07) is 18.0. The summed E-state index contributed by atoms with van der Waals surface area (Å²) in [4.78, 5) is 13.2. The van der Waals surface area contributed by atoms with Crippen molar-refractivity contribution in [3.8, 4) is 5.75 Å². The second kappa shape index (κ2) is 10.6. The van der Waals surface area contributed by atoms with Crippen LogP contribution in [0, 0.1) is 12.7 Å². The maximum Gasteiger partial charge on any atom is 0.241 e. The fourth-order valence-electron chi connectivity index (χ4n) is 3.46. The first-order valence-corrected chi connectivity index (χ1v) is 11.9. The fourth-order valence-corrected chi connectivity index (χ4v) is 4.74. The van der Waals surface area contributed by atoms with E-state index in [4.69, 9.17) is 4.74 Å². The third-order valence-corrected chi connectivity index (χ3v) is 6.77. The predicted octanol–water partition coefficient (Wildman–Crippen LogP) is 3.91. The number of rotatable bonds is 9. The molecule has 0 heterocycles. The first-order valence-electron chi connectivity index (χ1n) is 10.5. The highest BCUT2D eigenvalue weighted by Crippen LogP contribution is 2.22. The van der Waals surface area contributed by atoms with Gasteiger partial charge < -0.3 is 10.1 Å². The molecule has 2 N–H and O–H groups in total. The Bertz CT molecular complexity index is 1200. The van der Waals surface area contributed by atoms with Crippen LogP contribution in [0.5, 0.6) is 5.75 Å². The van der Waals surface area contributed by atoms with Gasteiger partial charge in [-0.25, -0.2) is 12.8 Å². The molecule has 3 aromatic rings. The molecule has 2 atom stereocenters. The Morgan fingerprint density at radius 2 is 1.70 bits per heavy atom. The standard InChI is InChI=1S/C25H27FN2O4S/c1-17-15-22(13-14-24(17)32-3)33(30,31)28-23(16-19-7-5-4-6-8-19)25(29)27-18(2)20-9-11-21(26)12-10-20/h4-15,18,23,28H,16H2,1-3H3,(H,27,29)/t18-,23-/m0/s1. The SMILES string of the molecule is COc1ccc(S(=O)(=O)N[C@@H](Cc2ccccc2)C(=O)N[C@@H](C)c2ccc(F)cc2)cc1C. The van der Waals surface area contributed by atoms with Gasteiger partial charge in [-0.2, -0.15) is 4.72 Å². The summed E-state index contributed by atoms with van der Waals surface area (Å²) in [5.41, 5.74) is 2.17. The normalized spacial score (nSPS) is 13.2. The smallest absolute Gasteiger partial charge is 0.241 e. The third-order valence-electron chi connectivity index (χ3n) is 5.30. The average molecular weight is 471 g/mol. The number of sulfonamides is 1. The number of halogens is 1. The van der Waals surface area contributed by atoms with E-state index in [0.717, 1.165) is 5.56 Å². The molecular formula is C25H27FN2O4S. The lowest BCUT2D eigenvalue weighted by molar-refractivity contribution is -0.123. The lowest BCUT2D eigenvalue weighted by Gasteiger charge is -2.22. The molecule has 0 saturated heterocycles. The van der Waals surface area contributed by atoms with Crippen LogP contribution in [0.3, 0.4) is 0 Å². The van der Waals surface area contributed by atoms with Gasteiger partial charge >= 0.3 is 0 Å². The van der Waals surface area contributed by atoms with Crippen molar-refractivity contribution in [3.63, 3.8) is 0 Å². The van der Waals surface area contributed by atoms with Crippen LogP contribution in [0.15, 0.2) is 77.7 Å². The topological polar surface area (TPSA) is 84.5 Å². The van der Waals surface area contributed by atoms with E-state index in [-0.39, 0.29) is 17.1 Å². The van der Waals surface area contributed by atoms with Gasteiger partial charge in [0.05, 0.1) is 18.0 Å². The van der Waals surface area contributed by atoms with Crippen LogP contribution in [0.1, 0.15) is 29.7 Å². The minimum absolute atomic E-state index is 0.0400. The number of methoxy groups -OCH3 is 1. The molecule has 3 aromatic carbocycles. The Morgan fingerprint density at radius 1 is 1.03 bits per heavy atom. The van der Waals surface area contributed by atoms with Gasteiger partial charge in [-0.3, -0.25) is 4.79 Å². The molecular weight excluding hydrogens is 443 g/mol. The zero-order chi connectivity index (χ0) is 24.0. The van der Waals surface area contributed by atoms with Gasteiger partial charge in [0, 0.05) is 0 Å². The van der Waals surface area contributed by atoms with E-state index < -0.39 is 28.0 Å². The van der Waals surface area contributed by atoms with E-state index in [1.165, 1.54) is 31.4 Å². The number of carbonyl (C=O) groups excluding carboxylic acids is 1. The average Bonchev–Trinajstić information content (AvgIpc) is 2.79. The van der Waals surface area contributed by atoms with Crippen molar-refractivity contribution in [1.29, 1.82) is 0 Å². The van der Waals surface area contributed by atoms with Crippen LogP contribution in [-0.2, 0) is 21.2 Å². The molecule has 33 heavy (non-hydrogen) atoms. The van der Waals surface area contributed by atoms with E-state index in [2.05, 4.69) is 10.0 Å². The van der Waals surface area contributed by atoms with Gasteiger partial charge in [-0.15, -0.1) is 0 Å². The summed E-state index contributed by atoms with van der Waals surface area (Å²) in [6.45, 7) is 3.50. The van der Waals surface area contributed by atoms with Crippen LogP contribution in [-0.4, -0.2) is 27.5 Å². The Kier molecular flexibility index (Phi) is 7.84. The molecule has 0 unspecified atom stereocenters. The van der Waals surface area contributed by atoms with Gasteiger partial charge in [0.25, 0.3) is 0 Å². The number of hydrogen-bond acceptors (Lipinski definition) is 4. The second-order valence-corrected chi connectivity index (χ2v) is 9.49. The third kappa shape index (κ3) is 6.40. The van der Waals surface area contributed by atoms with Crippen molar-refractivity contribution in [1.82, 2.24) is 10.0 Å². The molecule has 1 amide bonds. The van der Waals surface area contributed by atoms with Crippen LogP contribution < -0.4 is 14.8 Å². The molecule has 0 aliphatic rings. The summed E-state index contributed by atoms with van der Waals surface area (Å²) < 4.78 is 47.2. The van der Waals surface area contributed by atoms with Crippen molar-refractivity contribution < 1.29 is 22.3 Å². The van der Waals surface area contributed by atoms with E-state index in [1.54, 1.807) is 32.0 Å². The molecule has 0 aliphatic heterocycles. The first kappa shape index (κ1) is 24.4. The summed E-state index contributed by atoms with van der Waals surface area (Å²) >= 11 is 0. The van der Waals surface area contributed by atoms with E-state index >= 15 is 0 Å². The van der Waals surface area contributed by atoms with E-state index in [0.29, 0.717) is 16.9 Å². The maximum absolute atomic E-state index is 13.2. The summed E-state index contributed by atoms with van der Waals surface area (Å²) in [5.74, 6) is -0.285. The van der Waals surface area contributed by atoms with Crippen LogP contribution in [0.25, 0.3) is 0 Å². The van der Waals surface area contributed by atoms with Gasteiger partial charge in [0.15, 0.2) is 0 Å². The zero-order valence-electron chi connectivity index (χ0n) is 18.7. The molecule has 0 bridgehead atoms. The minimum Gasteiger partial charge on any atom is -0.496 e. The number of carbonyl (C=O) groups is 1. The Morgan fingerprint density at radius 3 is 2.30 bits per heavy atom. The largest absolute Gasteiger partial charge is 0.496 e. The van der Waals surface area contributed by atoms with E-state index in [1.807, 2.05) is 30.3 Å². The summed E-state index contributed by atoms with van der Waals surface area (Å²) in [7, 11) is -2.48. The predicted molar refractivity (Wildman–Crippen MR) is 125 cm³/mol. The van der Waals surface area contributed by atoms with Gasteiger partial charge in [-0.1, -0.05) is 42.5 Å². The van der Waals surface area contributed by atoms with Gasteiger partial charge in [0.1, 0.15) is 17.6 Å². The van der Waals surface area contributed by atoms with Crippen molar-refractivity contribution in [2.45, 2.75) is 37.2 Å². The summed E-state index contributed by atoms with van der Waals surface area (Å²) in [6.07, 6.45) is 0.164. The number of aryl methyl sites for hydroxylation is 1. The molecule has 3 rings (SSSR count). The van der Waals surface area contributed by atoms with Crippen LogP contribution in [0.2, 0.25) is 0 Å². The first-order chi connectivity index (χ1) is 15.7. The zero-order valence-corrected chi connectivity index (χ0v) is 19.5. The molecule has 6 nitrogen and oxygen atoms in total. The Labute approximate surface area is 193 Å². The highest BCUT2D eigenvalue weighted by molar-refractivity contribution is 7.89. The lowest BCUT2D eigenvalue weighted by atomic mass is 10.0. The number of hydrogen-bond donors (Lipinski definition) is 2. The molecule has 0 spiro atoms. The molecule has 0 aliphatic carbocycles. The quantitative estimate of drug-likeness (QED) is 0.497. The lowest BCUT2D eigenvalue weighted by Crippen LogP contribution is -2.48. The van der Waals surface area contributed by atoms with Gasteiger partial charge in [0.2, 0.25) is 15.9 Å². The molecule has 0 saturated carbocycles. The van der Waals surface area contributed by atoms with E-state index in [9.17, 15) is 17.6 Å². The highest BCUT2D eigenvalue weighted by Gasteiger charge is 2.27. The van der Waals surface area contributed by atoms with Crippen molar-refractivity contribution in [3.05, 3.63) is 95.3 Å². The Balaban J connectivity index is 1.84. The van der Waals surface area contributed by atoms with Crippen molar-refractivity contribution in [2.75, 3.05) is 7.11 Å². The monoisotopic (exact) mass is 470 g/mol. The van der Waals surface area contributed by atoms with Crippen LogP contribution in [0.4, 0.5) is 4.39 Å². The van der Waals surface area contributed by atoms with Crippen molar-refractivity contribution >= 4 is 15.9 Å². The molecule has 0 aromatic heterocycles. The molecule has 0 fully saturated rings. The number of ether oxygens (including phenoxy) is 1. The number of benzene rings is 3. The molecule has 174 valence electrons. The second-order valence-electron chi connectivity index (χ2n) is 7.78.